The van der Waals surface area contributed by atoms with Gasteiger partial charge in [-0.2, -0.15) is 0 Å². The standard InChI is InChI=1S/C20H19NO4S/c1-3-26-19-10-5-4-9-17(19)20(22)24-13-15-12-18(25-21-15)14-7-6-8-16(11-14)23-2/h4-12H,3,13H2,1-2H3. The molecule has 26 heavy (non-hydrogen) atoms. The van der Waals surface area contributed by atoms with Crippen LogP contribution in [0.4, 0.5) is 0 Å². The number of rotatable bonds is 7. The molecule has 0 bridgehead atoms. The fraction of sp³-hybridized carbons (Fsp3) is 0.200. The summed E-state index contributed by atoms with van der Waals surface area (Å²) in [6.45, 7) is 2.10. The summed E-state index contributed by atoms with van der Waals surface area (Å²) >= 11 is 1.61. The maximum Gasteiger partial charge on any atom is 0.339 e. The summed E-state index contributed by atoms with van der Waals surface area (Å²) in [6, 6.07) is 16.7. The van der Waals surface area contributed by atoms with Gasteiger partial charge in [0.25, 0.3) is 0 Å². The van der Waals surface area contributed by atoms with Crippen molar-refractivity contribution in [3.8, 4) is 17.1 Å². The van der Waals surface area contributed by atoms with Gasteiger partial charge in [0, 0.05) is 16.5 Å². The Morgan fingerprint density at radius 1 is 1.15 bits per heavy atom. The highest BCUT2D eigenvalue weighted by Crippen LogP contribution is 2.26. The van der Waals surface area contributed by atoms with Crippen molar-refractivity contribution in [3.05, 3.63) is 65.9 Å². The van der Waals surface area contributed by atoms with E-state index in [4.69, 9.17) is 14.0 Å². The topological polar surface area (TPSA) is 61.6 Å². The number of methoxy groups -OCH3 is 1. The van der Waals surface area contributed by atoms with Crippen molar-refractivity contribution < 1.29 is 18.8 Å². The van der Waals surface area contributed by atoms with Gasteiger partial charge in [-0.15, -0.1) is 11.8 Å². The van der Waals surface area contributed by atoms with Crippen LogP contribution in [0.2, 0.25) is 0 Å². The molecule has 0 saturated carbocycles. The molecule has 134 valence electrons. The lowest BCUT2D eigenvalue weighted by molar-refractivity contribution is 0.0460. The molecule has 2 aromatic carbocycles. The summed E-state index contributed by atoms with van der Waals surface area (Å²) in [5.41, 5.74) is 1.96. The molecule has 1 heterocycles. The van der Waals surface area contributed by atoms with Gasteiger partial charge in [-0.05, 0) is 30.0 Å². The van der Waals surface area contributed by atoms with E-state index in [1.54, 1.807) is 31.0 Å². The van der Waals surface area contributed by atoms with E-state index in [-0.39, 0.29) is 12.6 Å². The molecule has 0 spiro atoms. The van der Waals surface area contributed by atoms with Gasteiger partial charge in [0.1, 0.15) is 18.1 Å². The molecule has 0 aliphatic rings. The third kappa shape index (κ3) is 4.26. The highest BCUT2D eigenvalue weighted by atomic mass is 32.2. The van der Waals surface area contributed by atoms with Crippen molar-refractivity contribution in [1.82, 2.24) is 5.16 Å². The van der Waals surface area contributed by atoms with Crippen molar-refractivity contribution in [2.24, 2.45) is 0 Å². The number of carbonyl (C=O) groups is 1. The summed E-state index contributed by atoms with van der Waals surface area (Å²) in [7, 11) is 1.61. The molecule has 0 aliphatic carbocycles. The van der Waals surface area contributed by atoms with E-state index in [1.807, 2.05) is 49.4 Å². The number of hydrogen-bond donors (Lipinski definition) is 0. The van der Waals surface area contributed by atoms with E-state index >= 15 is 0 Å². The van der Waals surface area contributed by atoms with E-state index in [0.717, 1.165) is 22.0 Å². The molecule has 0 amide bonds. The molecule has 6 heteroatoms. The van der Waals surface area contributed by atoms with Gasteiger partial charge >= 0.3 is 5.97 Å². The zero-order valence-corrected chi connectivity index (χ0v) is 15.4. The number of nitrogens with zero attached hydrogens (tertiary/aromatic N) is 1. The molecule has 0 fully saturated rings. The molecule has 1 aromatic heterocycles. The number of thioether (sulfide) groups is 1. The molecule has 0 saturated heterocycles. The van der Waals surface area contributed by atoms with Gasteiger partial charge in [-0.1, -0.05) is 36.3 Å². The number of ether oxygens (including phenoxy) is 2. The van der Waals surface area contributed by atoms with Gasteiger partial charge in [0.15, 0.2) is 5.76 Å². The van der Waals surface area contributed by atoms with Crippen LogP contribution in [0.25, 0.3) is 11.3 Å². The summed E-state index contributed by atoms with van der Waals surface area (Å²) < 4.78 is 16.0. The Morgan fingerprint density at radius 3 is 2.81 bits per heavy atom. The first kappa shape index (κ1) is 18.1. The van der Waals surface area contributed by atoms with E-state index in [1.165, 1.54) is 0 Å². The van der Waals surface area contributed by atoms with Gasteiger partial charge < -0.3 is 14.0 Å². The molecule has 3 rings (SSSR count). The van der Waals surface area contributed by atoms with Crippen molar-refractivity contribution in [2.45, 2.75) is 18.4 Å². The predicted molar refractivity (Wildman–Crippen MR) is 100 cm³/mol. The first-order valence-corrected chi connectivity index (χ1v) is 9.18. The molecule has 0 aliphatic heterocycles. The maximum absolute atomic E-state index is 12.4. The lowest BCUT2D eigenvalue weighted by atomic mass is 10.1. The second-order valence-corrected chi connectivity index (χ2v) is 6.73. The molecule has 0 atom stereocenters. The first-order chi connectivity index (χ1) is 12.7. The molecular formula is C20H19NO4S. The van der Waals surface area contributed by atoms with Crippen molar-refractivity contribution in [2.75, 3.05) is 12.9 Å². The zero-order valence-electron chi connectivity index (χ0n) is 14.6. The van der Waals surface area contributed by atoms with Gasteiger partial charge in [0.05, 0.1) is 12.7 Å². The summed E-state index contributed by atoms with van der Waals surface area (Å²) in [5.74, 6) is 1.85. The van der Waals surface area contributed by atoms with Crippen LogP contribution in [0.5, 0.6) is 5.75 Å². The Balaban J connectivity index is 1.67. The van der Waals surface area contributed by atoms with Crippen LogP contribution >= 0.6 is 11.8 Å². The zero-order chi connectivity index (χ0) is 18.4. The number of benzene rings is 2. The Kier molecular flexibility index (Phi) is 5.96. The molecule has 0 radical (unpaired) electrons. The molecular weight excluding hydrogens is 350 g/mol. The predicted octanol–water partition coefficient (Wildman–Crippen LogP) is 4.82. The fourth-order valence-electron chi connectivity index (χ4n) is 2.43. The van der Waals surface area contributed by atoms with Crippen LogP contribution in [-0.4, -0.2) is 24.0 Å². The maximum atomic E-state index is 12.4. The van der Waals surface area contributed by atoms with E-state index in [0.29, 0.717) is 17.0 Å². The molecule has 3 aromatic rings. The average molecular weight is 369 g/mol. The van der Waals surface area contributed by atoms with Gasteiger partial charge in [-0.3, -0.25) is 0 Å². The van der Waals surface area contributed by atoms with Gasteiger partial charge in [-0.25, -0.2) is 4.79 Å². The summed E-state index contributed by atoms with van der Waals surface area (Å²) in [5, 5.41) is 3.97. The first-order valence-electron chi connectivity index (χ1n) is 8.20. The second kappa shape index (κ2) is 8.58. The van der Waals surface area contributed by atoms with Crippen molar-refractivity contribution in [1.29, 1.82) is 0 Å². The third-order valence-corrected chi connectivity index (χ3v) is 4.63. The van der Waals surface area contributed by atoms with Crippen molar-refractivity contribution >= 4 is 17.7 Å². The second-order valence-electron chi connectivity index (χ2n) is 5.42. The summed E-state index contributed by atoms with van der Waals surface area (Å²) in [4.78, 5) is 13.3. The lowest BCUT2D eigenvalue weighted by Crippen LogP contribution is -2.06. The fourth-order valence-corrected chi connectivity index (χ4v) is 3.22. The lowest BCUT2D eigenvalue weighted by Gasteiger charge is -2.07. The Bertz CT molecular complexity index is 891. The molecule has 0 unspecified atom stereocenters. The van der Waals surface area contributed by atoms with Crippen LogP contribution in [0.3, 0.4) is 0 Å². The number of esters is 1. The van der Waals surface area contributed by atoms with Crippen molar-refractivity contribution in [3.63, 3.8) is 0 Å². The summed E-state index contributed by atoms with van der Waals surface area (Å²) in [6.07, 6.45) is 0. The Labute approximate surface area is 156 Å². The highest BCUT2D eigenvalue weighted by molar-refractivity contribution is 7.99. The minimum absolute atomic E-state index is 0.0530. The Morgan fingerprint density at radius 2 is 2.00 bits per heavy atom. The van der Waals surface area contributed by atoms with Crippen LogP contribution in [-0.2, 0) is 11.3 Å². The highest BCUT2D eigenvalue weighted by Gasteiger charge is 2.14. The Hall–Kier alpha value is -2.73. The quantitative estimate of drug-likeness (QED) is 0.439. The van der Waals surface area contributed by atoms with E-state index in [2.05, 4.69) is 5.16 Å². The van der Waals surface area contributed by atoms with Gasteiger partial charge in [0.2, 0.25) is 0 Å². The van der Waals surface area contributed by atoms with Crippen LogP contribution in [0.15, 0.2) is 64.0 Å². The number of hydrogen-bond acceptors (Lipinski definition) is 6. The molecule has 5 nitrogen and oxygen atoms in total. The monoisotopic (exact) mass is 369 g/mol. The number of carbonyl (C=O) groups excluding carboxylic acids is 1. The largest absolute Gasteiger partial charge is 0.497 e. The molecule has 0 N–H and O–H groups in total. The normalized spacial score (nSPS) is 10.5. The van der Waals surface area contributed by atoms with E-state index < -0.39 is 0 Å². The minimum atomic E-state index is -0.368. The minimum Gasteiger partial charge on any atom is -0.497 e. The van der Waals surface area contributed by atoms with Crippen LogP contribution < -0.4 is 4.74 Å². The third-order valence-electron chi connectivity index (χ3n) is 3.67. The van der Waals surface area contributed by atoms with E-state index in [9.17, 15) is 4.79 Å². The average Bonchev–Trinajstić information content (AvgIpc) is 3.16. The number of aromatic nitrogens is 1. The SMILES string of the molecule is CCSc1ccccc1C(=O)OCc1cc(-c2cccc(OC)c2)on1. The smallest absolute Gasteiger partial charge is 0.339 e. The van der Waals surface area contributed by atoms with Crippen LogP contribution in [0.1, 0.15) is 23.0 Å². The van der Waals surface area contributed by atoms with Crippen LogP contribution in [0, 0.1) is 0 Å².